The van der Waals surface area contributed by atoms with E-state index in [0.29, 0.717) is 13.2 Å². The molecule has 1 N–H and O–H groups in total. The van der Waals surface area contributed by atoms with Gasteiger partial charge in [0.25, 0.3) is 0 Å². The number of benzene rings is 1. The molecule has 0 radical (unpaired) electrons. The van der Waals surface area contributed by atoms with Crippen molar-refractivity contribution in [3.8, 4) is 5.75 Å². The van der Waals surface area contributed by atoms with Gasteiger partial charge in [-0.25, -0.2) is 0 Å². The number of ether oxygens (including phenoxy) is 2. The average Bonchev–Trinajstić information content (AvgIpc) is 2.36. The molecule has 0 aliphatic rings. The number of hydrogen-bond acceptors (Lipinski definition) is 3. The summed E-state index contributed by atoms with van der Waals surface area (Å²) in [4.78, 5) is 0. The van der Waals surface area contributed by atoms with E-state index >= 15 is 0 Å². The van der Waals surface area contributed by atoms with Crippen LogP contribution in [-0.2, 0) is 11.3 Å². The maximum atomic E-state index is 5.64. The standard InChI is InChI=1S/C16H27NO2/c1-5-10-17-13-14-6-8-15(9-7-14)18-11-12-19-16(2,3)4/h6-9,17H,5,10-13H2,1-4H3. The van der Waals surface area contributed by atoms with Gasteiger partial charge in [0, 0.05) is 6.54 Å². The van der Waals surface area contributed by atoms with E-state index in [-0.39, 0.29) is 5.60 Å². The highest BCUT2D eigenvalue weighted by Gasteiger charge is 2.09. The van der Waals surface area contributed by atoms with Crippen LogP contribution in [0.15, 0.2) is 24.3 Å². The highest BCUT2D eigenvalue weighted by atomic mass is 16.5. The van der Waals surface area contributed by atoms with E-state index in [0.717, 1.165) is 25.3 Å². The van der Waals surface area contributed by atoms with Crippen molar-refractivity contribution < 1.29 is 9.47 Å². The van der Waals surface area contributed by atoms with E-state index in [9.17, 15) is 0 Å². The molecule has 1 aromatic carbocycles. The monoisotopic (exact) mass is 265 g/mol. The molecule has 1 rings (SSSR count). The van der Waals surface area contributed by atoms with Gasteiger partial charge in [0.05, 0.1) is 12.2 Å². The van der Waals surface area contributed by atoms with Gasteiger partial charge >= 0.3 is 0 Å². The van der Waals surface area contributed by atoms with Crippen LogP contribution in [0.1, 0.15) is 39.7 Å². The van der Waals surface area contributed by atoms with E-state index in [2.05, 4.69) is 24.4 Å². The van der Waals surface area contributed by atoms with Gasteiger partial charge in [0.15, 0.2) is 0 Å². The lowest BCUT2D eigenvalue weighted by molar-refractivity contribution is -0.0163. The van der Waals surface area contributed by atoms with E-state index < -0.39 is 0 Å². The van der Waals surface area contributed by atoms with Gasteiger partial charge in [0.1, 0.15) is 12.4 Å². The molecule has 3 nitrogen and oxygen atoms in total. The fourth-order valence-corrected chi connectivity index (χ4v) is 1.62. The lowest BCUT2D eigenvalue weighted by Crippen LogP contribution is -2.22. The van der Waals surface area contributed by atoms with Crippen LogP contribution < -0.4 is 10.1 Å². The second kappa shape index (κ2) is 8.18. The molecule has 0 aliphatic heterocycles. The summed E-state index contributed by atoms with van der Waals surface area (Å²) in [5.74, 6) is 0.900. The molecule has 0 aromatic heterocycles. The minimum atomic E-state index is -0.0990. The molecule has 0 bridgehead atoms. The second-order valence-electron chi connectivity index (χ2n) is 5.63. The Morgan fingerprint density at radius 1 is 1.05 bits per heavy atom. The Balaban J connectivity index is 2.24. The van der Waals surface area contributed by atoms with Crippen LogP contribution in [0.3, 0.4) is 0 Å². The van der Waals surface area contributed by atoms with Crippen LogP contribution in [0.2, 0.25) is 0 Å². The van der Waals surface area contributed by atoms with Gasteiger partial charge in [-0.2, -0.15) is 0 Å². The molecule has 0 aliphatic carbocycles. The third-order valence-corrected chi connectivity index (χ3v) is 2.57. The fraction of sp³-hybridized carbons (Fsp3) is 0.625. The number of hydrogen-bond donors (Lipinski definition) is 1. The molecule has 0 amide bonds. The average molecular weight is 265 g/mol. The van der Waals surface area contributed by atoms with Crippen molar-refractivity contribution in [1.82, 2.24) is 5.32 Å². The molecule has 0 atom stereocenters. The first kappa shape index (κ1) is 16.0. The molecule has 19 heavy (non-hydrogen) atoms. The molecule has 0 saturated carbocycles. The maximum absolute atomic E-state index is 5.64. The Morgan fingerprint density at radius 3 is 2.32 bits per heavy atom. The zero-order valence-corrected chi connectivity index (χ0v) is 12.7. The third kappa shape index (κ3) is 7.85. The zero-order valence-electron chi connectivity index (χ0n) is 12.7. The van der Waals surface area contributed by atoms with Crippen molar-refractivity contribution in [3.05, 3.63) is 29.8 Å². The first-order valence-corrected chi connectivity index (χ1v) is 7.07. The summed E-state index contributed by atoms with van der Waals surface area (Å²) in [6.45, 7) is 11.5. The van der Waals surface area contributed by atoms with E-state index in [1.165, 1.54) is 5.56 Å². The van der Waals surface area contributed by atoms with E-state index in [1.54, 1.807) is 0 Å². The van der Waals surface area contributed by atoms with Crippen molar-refractivity contribution in [2.75, 3.05) is 19.8 Å². The summed E-state index contributed by atoms with van der Waals surface area (Å²) >= 11 is 0. The number of nitrogens with one attached hydrogen (secondary N) is 1. The van der Waals surface area contributed by atoms with Gasteiger partial charge in [0.2, 0.25) is 0 Å². The van der Waals surface area contributed by atoms with E-state index in [1.807, 2.05) is 32.9 Å². The SMILES string of the molecule is CCCNCc1ccc(OCCOC(C)(C)C)cc1. The van der Waals surface area contributed by atoms with Crippen LogP contribution in [-0.4, -0.2) is 25.4 Å². The maximum Gasteiger partial charge on any atom is 0.119 e. The Labute approximate surface area is 117 Å². The van der Waals surface area contributed by atoms with Gasteiger partial charge in [-0.05, 0) is 51.4 Å². The summed E-state index contributed by atoms with van der Waals surface area (Å²) in [6.07, 6.45) is 1.16. The van der Waals surface area contributed by atoms with Gasteiger partial charge in [-0.15, -0.1) is 0 Å². The topological polar surface area (TPSA) is 30.5 Å². The minimum absolute atomic E-state index is 0.0990. The van der Waals surface area contributed by atoms with Crippen LogP contribution in [0.25, 0.3) is 0 Å². The summed E-state index contributed by atoms with van der Waals surface area (Å²) < 4.78 is 11.2. The quantitative estimate of drug-likeness (QED) is 0.731. The molecule has 0 saturated heterocycles. The first-order valence-electron chi connectivity index (χ1n) is 7.07. The molecular weight excluding hydrogens is 238 g/mol. The van der Waals surface area contributed by atoms with Gasteiger partial charge < -0.3 is 14.8 Å². The van der Waals surface area contributed by atoms with Gasteiger partial charge in [-0.1, -0.05) is 19.1 Å². The van der Waals surface area contributed by atoms with Crippen LogP contribution in [0, 0.1) is 0 Å². The smallest absolute Gasteiger partial charge is 0.119 e. The van der Waals surface area contributed by atoms with Crippen LogP contribution in [0.5, 0.6) is 5.75 Å². The molecule has 108 valence electrons. The third-order valence-electron chi connectivity index (χ3n) is 2.57. The highest BCUT2D eigenvalue weighted by molar-refractivity contribution is 5.27. The molecule has 0 heterocycles. The Morgan fingerprint density at radius 2 is 1.74 bits per heavy atom. The summed E-state index contributed by atoms with van der Waals surface area (Å²) in [5.41, 5.74) is 1.18. The largest absolute Gasteiger partial charge is 0.491 e. The van der Waals surface area contributed by atoms with Gasteiger partial charge in [-0.3, -0.25) is 0 Å². The predicted molar refractivity (Wildman–Crippen MR) is 79.6 cm³/mol. The molecule has 0 fully saturated rings. The minimum Gasteiger partial charge on any atom is -0.491 e. The van der Waals surface area contributed by atoms with Crippen molar-refractivity contribution >= 4 is 0 Å². The molecule has 0 spiro atoms. The van der Waals surface area contributed by atoms with E-state index in [4.69, 9.17) is 9.47 Å². The highest BCUT2D eigenvalue weighted by Crippen LogP contribution is 2.12. The Hall–Kier alpha value is -1.06. The summed E-state index contributed by atoms with van der Waals surface area (Å²) in [7, 11) is 0. The summed E-state index contributed by atoms with van der Waals surface area (Å²) in [5, 5.41) is 3.38. The molecular formula is C16H27NO2. The van der Waals surface area contributed by atoms with Crippen molar-refractivity contribution in [2.24, 2.45) is 0 Å². The normalized spacial score (nSPS) is 11.6. The van der Waals surface area contributed by atoms with Crippen LogP contribution in [0.4, 0.5) is 0 Å². The molecule has 1 aromatic rings. The van der Waals surface area contributed by atoms with Crippen molar-refractivity contribution in [2.45, 2.75) is 46.3 Å². The first-order chi connectivity index (χ1) is 9.01. The molecule has 0 unspecified atom stereocenters. The molecule has 3 heteroatoms. The van der Waals surface area contributed by atoms with Crippen molar-refractivity contribution in [1.29, 1.82) is 0 Å². The summed E-state index contributed by atoms with van der Waals surface area (Å²) in [6, 6.07) is 8.23. The zero-order chi connectivity index (χ0) is 14.1. The lowest BCUT2D eigenvalue weighted by atomic mass is 10.2. The van der Waals surface area contributed by atoms with Crippen LogP contribution >= 0.6 is 0 Å². The predicted octanol–water partition coefficient (Wildman–Crippen LogP) is 3.38. The number of rotatable bonds is 8. The Bertz CT molecular complexity index is 341. The van der Waals surface area contributed by atoms with Crippen molar-refractivity contribution in [3.63, 3.8) is 0 Å². The fourth-order valence-electron chi connectivity index (χ4n) is 1.62. The lowest BCUT2D eigenvalue weighted by Gasteiger charge is -2.19. The second-order valence-corrected chi connectivity index (χ2v) is 5.63. The Kier molecular flexibility index (Phi) is 6.89.